The van der Waals surface area contributed by atoms with E-state index >= 15 is 0 Å². The first-order chi connectivity index (χ1) is 12.4. The van der Waals surface area contributed by atoms with E-state index in [1.807, 2.05) is 18.2 Å². The van der Waals surface area contributed by atoms with E-state index in [-0.39, 0.29) is 10.8 Å². The second kappa shape index (κ2) is 7.88. The number of carbonyl (C=O) groups is 1. The number of rotatable bonds is 5. The van der Waals surface area contributed by atoms with Crippen molar-refractivity contribution in [2.75, 3.05) is 49.2 Å². The van der Waals surface area contributed by atoms with E-state index in [1.54, 1.807) is 12.1 Å². The molecule has 1 amide bonds. The van der Waals surface area contributed by atoms with Crippen LogP contribution in [0.1, 0.15) is 0 Å². The summed E-state index contributed by atoms with van der Waals surface area (Å²) in [5.41, 5.74) is 1.70. The first kappa shape index (κ1) is 18.4. The van der Waals surface area contributed by atoms with E-state index in [1.165, 1.54) is 17.8 Å². The van der Waals surface area contributed by atoms with Crippen LogP contribution in [0.25, 0.3) is 0 Å². The fraction of sp³-hybridized carbons (Fsp3) is 0.316. The largest absolute Gasteiger partial charge is 0.369 e. The summed E-state index contributed by atoms with van der Waals surface area (Å²) in [7, 11) is -3.29. The van der Waals surface area contributed by atoms with E-state index in [4.69, 9.17) is 0 Å². The molecule has 2 aromatic carbocycles. The minimum atomic E-state index is -3.29. The Morgan fingerprint density at radius 3 is 2.35 bits per heavy atom. The summed E-state index contributed by atoms with van der Waals surface area (Å²) in [6, 6.07) is 16.6. The Labute approximate surface area is 154 Å². The number of benzene rings is 2. The van der Waals surface area contributed by atoms with Crippen LogP contribution in [0.15, 0.2) is 59.5 Å². The Hall–Kier alpha value is -2.38. The maximum Gasteiger partial charge on any atom is 0.238 e. The van der Waals surface area contributed by atoms with E-state index in [2.05, 4.69) is 27.2 Å². The second-order valence-corrected chi connectivity index (χ2v) is 8.46. The molecule has 1 N–H and O–H groups in total. The highest BCUT2D eigenvalue weighted by molar-refractivity contribution is 7.90. The lowest BCUT2D eigenvalue weighted by atomic mass is 10.2. The van der Waals surface area contributed by atoms with Gasteiger partial charge in [0.05, 0.1) is 11.4 Å². The summed E-state index contributed by atoms with van der Waals surface area (Å²) < 4.78 is 23.2. The van der Waals surface area contributed by atoms with Gasteiger partial charge in [-0.15, -0.1) is 0 Å². The average molecular weight is 373 g/mol. The number of carbonyl (C=O) groups excluding carboxylic acids is 1. The molecule has 1 heterocycles. The molecule has 0 radical (unpaired) electrons. The third-order valence-corrected chi connectivity index (χ3v) is 5.52. The summed E-state index contributed by atoms with van der Waals surface area (Å²) in [4.78, 5) is 16.9. The Bertz CT molecular complexity index is 861. The number of para-hydroxylation sites is 1. The lowest BCUT2D eigenvalue weighted by molar-refractivity contribution is -0.117. The molecule has 0 aromatic heterocycles. The first-order valence-corrected chi connectivity index (χ1v) is 10.4. The lowest BCUT2D eigenvalue weighted by Crippen LogP contribution is -2.48. The molecule has 6 nitrogen and oxygen atoms in total. The zero-order chi connectivity index (χ0) is 18.6. The van der Waals surface area contributed by atoms with Gasteiger partial charge in [0.2, 0.25) is 5.91 Å². The predicted molar refractivity (Wildman–Crippen MR) is 103 cm³/mol. The highest BCUT2D eigenvalue weighted by Crippen LogP contribution is 2.17. The van der Waals surface area contributed by atoms with E-state index in [0.717, 1.165) is 32.4 Å². The quantitative estimate of drug-likeness (QED) is 0.866. The minimum absolute atomic E-state index is 0.135. The van der Waals surface area contributed by atoms with Crippen LogP contribution in [-0.2, 0) is 14.6 Å². The molecule has 0 spiro atoms. The maximum absolute atomic E-state index is 12.3. The molecule has 1 aliphatic rings. The van der Waals surface area contributed by atoms with Crippen molar-refractivity contribution in [1.82, 2.24) is 4.90 Å². The van der Waals surface area contributed by atoms with Crippen LogP contribution in [0.2, 0.25) is 0 Å². The maximum atomic E-state index is 12.3. The Kier molecular flexibility index (Phi) is 5.58. The van der Waals surface area contributed by atoms with E-state index in [0.29, 0.717) is 12.2 Å². The highest BCUT2D eigenvalue weighted by atomic mass is 32.2. The van der Waals surface area contributed by atoms with Gasteiger partial charge in [-0.1, -0.05) is 24.3 Å². The van der Waals surface area contributed by atoms with E-state index in [9.17, 15) is 13.2 Å². The number of anilines is 2. The van der Waals surface area contributed by atoms with Gasteiger partial charge in [-0.25, -0.2) is 8.42 Å². The van der Waals surface area contributed by atoms with Gasteiger partial charge in [0, 0.05) is 43.8 Å². The molecule has 138 valence electrons. The summed E-state index contributed by atoms with van der Waals surface area (Å²) >= 11 is 0. The van der Waals surface area contributed by atoms with Gasteiger partial charge in [0.25, 0.3) is 0 Å². The monoisotopic (exact) mass is 373 g/mol. The molecular formula is C19H23N3O3S. The topological polar surface area (TPSA) is 69.7 Å². The molecule has 26 heavy (non-hydrogen) atoms. The average Bonchev–Trinajstić information content (AvgIpc) is 2.62. The molecule has 0 saturated carbocycles. The molecule has 1 saturated heterocycles. The van der Waals surface area contributed by atoms with Crippen LogP contribution in [0, 0.1) is 0 Å². The molecule has 0 unspecified atom stereocenters. The van der Waals surface area contributed by atoms with Crippen LogP contribution in [0.4, 0.5) is 11.4 Å². The van der Waals surface area contributed by atoms with Crippen LogP contribution in [0.3, 0.4) is 0 Å². The van der Waals surface area contributed by atoms with Crippen LogP contribution in [-0.4, -0.2) is 58.2 Å². The van der Waals surface area contributed by atoms with Crippen LogP contribution < -0.4 is 10.2 Å². The zero-order valence-corrected chi connectivity index (χ0v) is 15.6. The fourth-order valence-corrected chi connectivity index (χ4v) is 3.68. The predicted octanol–water partition coefficient (Wildman–Crippen LogP) is 1.85. The van der Waals surface area contributed by atoms with Gasteiger partial charge in [-0.2, -0.15) is 0 Å². The van der Waals surface area contributed by atoms with Crippen molar-refractivity contribution < 1.29 is 13.2 Å². The van der Waals surface area contributed by atoms with E-state index < -0.39 is 9.84 Å². The molecule has 1 aliphatic heterocycles. The van der Waals surface area contributed by atoms with Crippen molar-refractivity contribution >= 4 is 27.1 Å². The summed E-state index contributed by atoms with van der Waals surface area (Å²) in [6.45, 7) is 3.67. The van der Waals surface area contributed by atoms with Gasteiger partial charge in [0.15, 0.2) is 9.84 Å². The minimum Gasteiger partial charge on any atom is -0.369 e. The smallest absolute Gasteiger partial charge is 0.238 e. The molecule has 7 heteroatoms. The molecule has 3 rings (SSSR count). The summed E-state index contributed by atoms with van der Waals surface area (Å²) in [5, 5.41) is 2.79. The number of sulfone groups is 1. The zero-order valence-electron chi connectivity index (χ0n) is 14.8. The third kappa shape index (κ3) is 4.83. The Morgan fingerprint density at radius 1 is 1.00 bits per heavy atom. The number of hydrogen-bond donors (Lipinski definition) is 1. The number of nitrogens with one attached hydrogen (secondary N) is 1. The summed E-state index contributed by atoms with van der Waals surface area (Å²) in [5.74, 6) is -0.135. The summed E-state index contributed by atoms with van der Waals surface area (Å²) in [6.07, 6.45) is 1.15. The van der Waals surface area contributed by atoms with Crippen molar-refractivity contribution in [3.05, 3.63) is 54.6 Å². The van der Waals surface area contributed by atoms with Gasteiger partial charge in [-0.3, -0.25) is 9.69 Å². The Balaban J connectivity index is 1.52. The molecule has 2 aromatic rings. The highest BCUT2D eigenvalue weighted by Gasteiger charge is 2.19. The standard InChI is InChI=1S/C19H23N3O3S/c1-26(24,25)18-9-5-6-16(14-18)20-19(23)15-21-10-12-22(13-11-21)17-7-3-2-4-8-17/h2-9,14H,10-13,15H2,1H3,(H,20,23). The van der Waals surface area contributed by atoms with Gasteiger partial charge in [0.1, 0.15) is 0 Å². The van der Waals surface area contributed by atoms with Gasteiger partial charge < -0.3 is 10.2 Å². The van der Waals surface area contributed by atoms with Crippen molar-refractivity contribution in [3.8, 4) is 0 Å². The number of nitrogens with zero attached hydrogens (tertiary/aromatic N) is 2. The van der Waals surface area contributed by atoms with Crippen molar-refractivity contribution in [1.29, 1.82) is 0 Å². The fourth-order valence-electron chi connectivity index (χ4n) is 3.01. The van der Waals surface area contributed by atoms with Crippen molar-refractivity contribution in [2.24, 2.45) is 0 Å². The molecule has 0 aliphatic carbocycles. The molecule has 0 bridgehead atoms. The molecule has 0 atom stereocenters. The Morgan fingerprint density at radius 2 is 1.69 bits per heavy atom. The molecule has 1 fully saturated rings. The molecular weight excluding hydrogens is 350 g/mol. The number of piperazine rings is 1. The normalized spacial score (nSPS) is 15.7. The lowest BCUT2D eigenvalue weighted by Gasteiger charge is -2.35. The number of amides is 1. The SMILES string of the molecule is CS(=O)(=O)c1cccc(NC(=O)CN2CCN(c3ccccc3)CC2)c1. The van der Waals surface area contributed by atoms with Crippen LogP contribution >= 0.6 is 0 Å². The van der Waals surface area contributed by atoms with Crippen molar-refractivity contribution in [2.45, 2.75) is 4.90 Å². The van der Waals surface area contributed by atoms with Gasteiger partial charge >= 0.3 is 0 Å². The van der Waals surface area contributed by atoms with Gasteiger partial charge in [-0.05, 0) is 30.3 Å². The number of hydrogen-bond acceptors (Lipinski definition) is 5. The first-order valence-electron chi connectivity index (χ1n) is 8.54. The second-order valence-electron chi connectivity index (χ2n) is 6.45. The third-order valence-electron chi connectivity index (χ3n) is 4.41. The van der Waals surface area contributed by atoms with Crippen molar-refractivity contribution in [3.63, 3.8) is 0 Å². The van der Waals surface area contributed by atoms with Crippen LogP contribution in [0.5, 0.6) is 0 Å².